The number of halogens is 1. The smallest absolute Gasteiger partial charge is 0.328 e. The van der Waals surface area contributed by atoms with Crippen LogP contribution in [0.3, 0.4) is 0 Å². The van der Waals surface area contributed by atoms with Crippen LogP contribution in [-0.2, 0) is 9.59 Å². The van der Waals surface area contributed by atoms with Crippen LogP contribution in [0.25, 0.3) is 0 Å². The lowest BCUT2D eigenvalue weighted by atomic mass is 9.90. The van der Waals surface area contributed by atoms with Crippen molar-refractivity contribution < 1.29 is 24.2 Å². The molecule has 0 spiro atoms. The highest BCUT2D eigenvalue weighted by molar-refractivity contribution is 8.00. The number of hydrogen-bond acceptors (Lipinski definition) is 4. The molecule has 2 aromatic rings. The second-order valence-corrected chi connectivity index (χ2v) is 8.00. The lowest BCUT2D eigenvalue weighted by Gasteiger charge is -2.36. The van der Waals surface area contributed by atoms with Gasteiger partial charge in [-0.2, -0.15) is 0 Å². The molecule has 154 valence electrons. The normalized spacial score (nSPS) is 19.4. The quantitative estimate of drug-likeness (QED) is 0.713. The monoisotopic (exact) mass is 417 g/mol. The second kappa shape index (κ2) is 11.4. The van der Waals surface area contributed by atoms with E-state index in [4.69, 9.17) is 10.2 Å². The first-order chi connectivity index (χ1) is 13.8. The van der Waals surface area contributed by atoms with Crippen LogP contribution in [0.15, 0.2) is 71.6 Å². The number of carboxylic acids is 2. The van der Waals surface area contributed by atoms with Crippen molar-refractivity contribution in [1.29, 1.82) is 0 Å². The van der Waals surface area contributed by atoms with Gasteiger partial charge >= 0.3 is 11.9 Å². The summed E-state index contributed by atoms with van der Waals surface area (Å²) in [7, 11) is 2.19. The average molecular weight is 418 g/mol. The number of piperidine rings is 1. The van der Waals surface area contributed by atoms with Gasteiger partial charge < -0.3 is 15.1 Å². The molecule has 1 heterocycles. The molecule has 2 N–H and O–H groups in total. The molecule has 3 rings (SSSR count). The number of likely N-dealkylation sites (N-methyl/N-ethyl adjacent to an activating group) is 1. The van der Waals surface area contributed by atoms with Gasteiger partial charge in [-0.1, -0.05) is 30.3 Å². The Morgan fingerprint density at radius 2 is 1.62 bits per heavy atom. The van der Waals surface area contributed by atoms with E-state index in [1.54, 1.807) is 12.1 Å². The third-order valence-electron chi connectivity index (χ3n) is 4.45. The minimum Gasteiger partial charge on any atom is -0.478 e. The van der Waals surface area contributed by atoms with Crippen LogP contribution >= 0.6 is 11.8 Å². The summed E-state index contributed by atoms with van der Waals surface area (Å²) >= 11 is 1.88. The predicted octanol–water partition coefficient (Wildman–Crippen LogP) is 4.12. The van der Waals surface area contributed by atoms with Crippen LogP contribution in [0.2, 0.25) is 0 Å². The van der Waals surface area contributed by atoms with E-state index in [0.717, 1.165) is 24.4 Å². The van der Waals surface area contributed by atoms with E-state index in [2.05, 4.69) is 42.3 Å². The predicted molar refractivity (Wildman–Crippen MR) is 112 cm³/mol. The van der Waals surface area contributed by atoms with Crippen LogP contribution in [0.5, 0.6) is 0 Å². The minimum absolute atomic E-state index is 0.165. The first kappa shape index (κ1) is 22.6. The Morgan fingerprint density at radius 3 is 2.17 bits per heavy atom. The lowest BCUT2D eigenvalue weighted by molar-refractivity contribution is -0.134. The summed E-state index contributed by atoms with van der Waals surface area (Å²) in [5, 5.41) is 16.2. The summed E-state index contributed by atoms with van der Waals surface area (Å²) in [5.74, 6) is -2.15. The van der Waals surface area contributed by atoms with Gasteiger partial charge in [-0.15, -0.1) is 11.8 Å². The van der Waals surface area contributed by atoms with Crippen molar-refractivity contribution in [2.45, 2.75) is 22.5 Å². The molecule has 0 bridgehead atoms. The molecule has 0 saturated carbocycles. The van der Waals surface area contributed by atoms with Crippen molar-refractivity contribution in [2.75, 3.05) is 20.1 Å². The third-order valence-corrected chi connectivity index (χ3v) is 5.86. The molecule has 0 unspecified atom stereocenters. The molecule has 1 fully saturated rings. The Kier molecular flexibility index (Phi) is 8.89. The fourth-order valence-corrected chi connectivity index (χ4v) is 4.36. The van der Waals surface area contributed by atoms with Crippen LogP contribution < -0.4 is 0 Å². The molecule has 0 amide bonds. The van der Waals surface area contributed by atoms with Crippen molar-refractivity contribution >= 4 is 23.7 Å². The van der Waals surface area contributed by atoms with Gasteiger partial charge in [0.05, 0.1) is 0 Å². The van der Waals surface area contributed by atoms with Crippen LogP contribution in [0, 0.1) is 5.82 Å². The molecule has 1 aliphatic heterocycles. The van der Waals surface area contributed by atoms with Gasteiger partial charge in [-0.05, 0) is 49.8 Å². The molecular formula is C22H24FNO4S. The highest BCUT2D eigenvalue weighted by Crippen LogP contribution is 2.38. The van der Waals surface area contributed by atoms with Gasteiger partial charge in [0.1, 0.15) is 5.82 Å². The van der Waals surface area contributed by atoms with Crippen molar-refractivity contribution in [3.63, 3.8) is 0 Å². The number of thioether (sulfide) groups is 1. The maximum atomic E-state index is 13.0. The Morgan fingerprint density at radius 1 is 1.03 bits per heavy atom. The summed E-state index contributed by atoms with van der Waals surface area (Å²) in [6.45, 7) is 2.21. The summed E-state index contributed by atoms with van der Waals surface area (Å²) in [5.41, 5.74) is 1.41. The van der Waals surface area contributed by atoms with E-state index < -0.39 is 11.9 Å². The topological polar surface area (TPSA) is 77.8 Å². The zero-order chi connectivity index (χ0) is 21.2. The molecule has 0 aliphatic carbocycles. The van der Waals surface area contributed by atoms with Gasteiger partial charge in [0.2, 0.25) is 0 Å². The molecular weight excluding hydrogens is 393 g/mol. The minimum atomic E-state index is -1.26. The van der Waals surface area contributed by atoms with Crippen molar-refractivity contribution in [1.82, 2.24) is 4.90 Å². The number of carbonyl (C=O) groups is 2. The second-order valence-electron chi connectivity index (χ2n) is 6.69. The van der Waals surface area contributed by atoms with E-state index >= 15 is 0 Å². The maximum absolute atomic E-state index is 13.0. The van der Waals surface area contributed by atoms with E-state index in [9.17, 15) is 14.0 Å². The summed E-state index contributed by atoms with van der Waals surface area (Å²) < 4.78 is 13.0. The largest absolute Gasteiger partial charge is 0.478 e. The molecule has 0 aromatic heterocycles. The van der Waals surface area contributed by atoms with Crippen molar-refractivity contribution in [3.8, 4) is 0 Å². The van der Waals surface area contributed by atoms with Crippen molar-refractivity contribution in [2.24, 2.45) is 0 Å². The van der Waals surface area contributed by atoms with E-state index in [0.29, 0.717) is 23.3 Å². The zero-order valence-corrected chi connectivity index (χ0v) is 16.9. The fourth-order valence-electron chi connectivity index (χ4n) is 3.09. The summed E-state index contributed by atoms with van der Waals surface area (Å²) in [4.78, 5) is 22.7. The van der Waals surface area contributed by atoms with Crippen LogP contribution in [-0.4, -0.2) is 52.4 Å². The number of carboxylic acid groups (broad SMARTS) is 2. The number of likely N-dealkylation sites (tertiary alicyclic amines) is 1. The number of rotatable bonds is 5. The Bertz CT molecular complexity index is 810. The molecule has 2 atom stereocenters. The maximum Gasteiger partial charge on any atom is 0.328 e. The van der Waals surface area contributed by atoms with Crippen molar-refractivity contribution in [3.05, 3.63) is 78.1 Å². The lowest BCUT2D eigenvalue weighted by Crippen LogP contribution is -2.38. The van der Waals surface area contributed by atoms with E-state index in [-0.39, 0.29) is 5.82 Å². The van der Waals surface area contributed by atoms with Gasteiger partial charge in [-0.3, -0.25) is 0 Å². The standard InChI is InChI=1S/C18H20FNS.C4H4O4/c1-20-12-11-18(21-16-9-7-15(19)8-10-16)17(13-20)14-5-3-2-4-6-14;5-3(6)1-2-4(7)8/h2-10,17-18H,11-13H2,1H3;1-2H,(H,5,6)(H,7,8)/b;2-1+/t17-,18-;/m1./s1. The van der Waals surface area contributed by atoms with Gasteiger partial charge in [-0.25, -0.2) is 14.0 Å². The van der Waals surface area contributed by atoms with Gasteiger partial charge in [0, 0.05) is 34.8 Å². The Balaban J connectivity index is 0.000000321. The molecule has 5 nitrogen and oxygen atoms in total. The molecule has 2 aromatic carbocycles. The molecule has 0 radical (unpaired) electrons. The molecule has 1 saturated heterocycles. The summed E-state index contributed by atoms with van der Waals surface area (Å²) in [6, 6.07) is 17.6. The van der Waals surface area contributed by atoms with Crippen LogP contribution in [0.4, 0.5) is 4.39 Å². The van der Waals surface area contributed by atoms with E-state index in [1.165, 1.54) is 5.56 Å². The molecule has 1 aliphatic rings. The fraction of sp³-hybridized carbons (Fsp3) is 0.273. The van der Waals surface area contributed by atoms with Gasteiger partial charge in [0.25, 0.3) is 0 Å². The number of nitrogens with zero attached hydrogens (tertiary/aromatic N) is 1. The van der Waals surface area contributed by atoms with E-state index in [1.807, 2.05) is 23.9 Å². The zero-order valence-electron chi connectivity index (χ0n) is 16.1. The SMILES string of the molecule is CN1CC[C@@H](Sc2ccc(F)cc2)[C@@H](c2ccccc2)C1.O=C(O)/C=C/C(=O)O. The number of aliphatic carboxylic acids is 2. The van der Waals surface area contributed by atoms with Crippen LogP contribution in [0.1, 0.15) is 17.9 Å². The first-order valence-electron chi connectivity index (χ1n) is 9.15. The summed E-state index contributed by atoms with van der Waals surface area (Å²) in [6.07, 6.45) is 2.28. The Hall–Kier alpha value is -2.64. The molecule has 29 heavy (non-hydrogen) atoms. The Labute approximate surface area is 173 Å². The highest BCUT2D eigenvalue weighted by atomic mass is 32.2. The molecule has 7 heteroatoms. The number of hydrogen-bond donors (Lipinski definition) is 2. The highest BCUT2D eigenvalue weighted by Gasteiger charge is 2.29. The third kappa shape index (κ3) is 8.09. The average Bonchev–Trinajstić information content (AvgIpc) is 2.70. The van der Waals surface area contributed by atoms with Gasteiger partial charge in [0.15, 0.2) is 0 Å². The first-order valence-corrected chi connectivity index (χ1v) is 10.0. The number of benzene rings is 2.